The zero-order valence-corrected chi connectivity index (χ0v) is 21.7. The smallest absolute Gasteiger partial charge is 0.178 e. The molecule has 7 rings (SSSR count). The molecule has 9 heteroatoms. The SMILES string of the molecule is Cc1cccc(-c2ccnc3nc(-c4n[nH]c5ccc(-c6cncc(OCCN7CCCC7)c6)nc45)[nH]c23)c1. The van der Waals surface area contributed by atoms with Crippen molar-refractivity contribution < 1.29 is 4.74 Å². The third-order valence-corrected chi connectivity index (χ3v) is 7.24. The van der Waals surface area contributed by atoms with Gasteiger partial charge in [0.15, 0.2) is 17.2 Å². The first-order valence-corrected chi connectivity index (χ1v) is 13.3. The van der Waals surface area contributed by atoms with Crippen LogP contribution in [0.15, 0.2) is 67.1 Å². The number of nitrogens with zero attached hydrogens (tertiary/aromatic N) is 6. The number of benzene rings is 1. The topological polar surface area (TPSA) is 108 Å². The quantitative estimate of drug-likeness (QED) is 0.292. The first kappa shape index (κ1) is 23.5. The van der Waals surface area contributed by atoms with Crippen molar-refractivity contribution >= 4 is 22.2 Å². The van der Waals surface area contributed by atoms with Crippen molar-refractivity contribution in [2.45, 2.75) is 19.8 Å². The molecule has 1 saturated heterocycles. The number of nitrogens with one attached hydrogen (secondary N) is 2. The molecule has 0 bridgehead atoms. The summed E-state index contributed by atoms with van der Waals surface area (Å²) in [5, 5.41) is 7.65. The Labute approximate surface area is 225 Å². The van der Waals surface area contributed by atoms with Crippen LogP contribution in [0.1, 0.15) is 18.4 Å². The molecule has 39 heavy (non-hydrogen) atoms. The van der Waals surface area contributed by atoms with E-state index in [0.29, 0.717) is 23.8 Å². The van der Waals surface area contributed by atoms with Crippen LogP contribution in [0.3, 0.4) is 0 Å². The van der Waals surface area contributed by atoms with E-state index in [0.717, 1.165) is 64.3 Å². The van der Waals surface area contributed by atoms with Crippen molar-refractivity contribution in [2.24, 2.45) is 0 Å². The van der Waals surface area contributed by atoms with E-state index < -0.39 is 0 Å². The van der Waals surface area contributed by atoms with Gasteiger partial charge in [0.25, 0.3) is 0 Å². The Hall–Kier alpha value is -4.63. The van der Waals surface area contributed by atoms with E-state index in [1.165, 1.54) is 18.4 Å². The molecule has 2 N–H and O–H groups in total. The minimum absolute atomic E-state index is 0.616. The van der Waals surface area contributed by atoms with Crippen molar-refractivity contribution in [3.63, 3.8) is 0 Å². The highest BCUT2D eigenvalue weighted by Gasteiger charge is 2.18. The summed E-state index contributed by atoms with van der Waals surface area (Å²) in [7, 11) is 0. The second-order valence-corrected chi connectivity index (χ2v) is 9.98. The standard InChI is InChI=1S/C30H28N8O/c1-19-5-4-6-20(15-19)23-9-10-32-29-26(23)34-30(35-29)28-27-25(36-37-28)8-7-24(33-27)21-16-22(18-31-17-21)39-14-13-38-11-2-3-12-38/h4-10,15-18H,2-3,11-14H2,1H3,(H,36,37)(H,32,34,35). The van der Waals surface area contributed by atoms with Gasteiger partial charge in [-0.2, -0.15) is 5.10 Å². The molecule has 5 aromatic heterocycles. The largest absolute Gasteiger partial charge is 0.491 e. The lowest BCUT2D eigenvalue weighted by Gasteiger charge is -2.15. The molecule has 9 nitrogen and oxygen atoms in total. The van der Waals surface area contributed by atoms with Crippen molar-refractivity contribution in [3.8, 4) is 39.7 Å². The predicted molar refractivity (Wildman–Crippen MR) is 151 cm³/mol. The molecule has 1 fully saturated rings. The number of H-pyrrole nitrogens is 2. The highest BCUT2D eigenvalue weighted by molar-refractivity contribution is 5.95. The third kappa shape index (κ3) is 4.61. The zero-order chi connectivity index (χ0) is 26.2. The third-order valence-electron chi connectivity index (χ3n) is 7.24. The van der Waals surface area contributed by atoms with Crippen LogP contribution in [-0.2, 0) is 0 Å². The van der Waals surface area contributed by atoms with Gasteiger partial charge in [0.2, 0.25) is 0 Å². The molecule has 0 radical (unpaired) electrons. The number of aryl methyl sites for hydroxylation is 1. The normalized spacial score (nSPS) is 14.0. The summed E-state index contributed by atoms with van der Waals surface area (Å²) in [6.45, 7) is 5.99. The Bertz CT molecular complexity index is 1780. The summed E-state index contributed by atoms with van der Waals surface area (Å²) in [6, 6.07) is 16.3. The van der Waals surface area contributed by atoms with E-state index in [1.54, 1.807) is 18.6 Å². The molecule has 0 spiro atoms. The van der Waals surface area contributed by atoms with Crippen LogP contribution in [0.4, 0.5) is 0 Å². The number of rotatable bonds is 7. The molecule has 0 atom stereocenters. The summed E-state index contributed by atoms with van der Waals surface area (Å²) in [6.07, 6.45) is 7.90. The molecule has 0 aliphatic carbocycles. The van der Waals surface area contributed by atoms with E-state index >= 15 is 0 Å². The van der Waals surface area contributed by atoms with Crippen LogP contribution in [-0.4, -0.2) is 66.3 Å². The van der Waals surface area contributed by atoms with Crippen molar-refractivity contribution in [2.75, 3.05) is 26.2 Å². The lowest BCUT2D eigenvalue weighted by Crippen LogP contribution is -2.25. The number of fused-ring (bicyclic) bond motifs is 2. The van der Waals surface area contributed by atoms with E-state index in [4.69, 9.17) is 14.7 Å². The molecule has 1 aliphatic rings. The van der Waals surface area contributed by atoms with E-state index in [-0.39, 0.29) is 0 Å². The second-order valence-electron chi connectivity index (χ2n) is 9.98. The van der Waals surface area contributed by atoms with Crippen molar-refractivity contribution in [1.82, 2.24) is 40.0 Å². The molecule has 0 saturated carbocycles. The Kier molecular flexibility index (Phi) is 5.97. The molecule has 194 valence electrons. The first-order chi connectivity index (χ1) is 19.2. The maximum Gasteiger partial charge on any atom is 0.178 e. The van der Waals surface area contributed by atoms with Crippen LogP contribution in [0.25, 0.3) is 56.1 Å². The number of hydrogen-bond acceptors (Lipinski definition) is 7. The molecule has 6 heterocycles. The van der Waals surface area contributed by atoms with Gasteiger partial charge in [-0.1, -0.05) is 29.8 Å². The highest BCUT2D eigenvalue weighted by Crippen LogP contribution is 2.31. The number of ether oxygens (including phenoxy) is 1. The first-order valence-electron chi connectivity index (χ1n) is 13.3. The number of likely N-dealkylation sites (tertiary alicyclic amines) is 1. The average Bonchev–Trinajstić information content (AvgIpc) is 3.72. The Morgan fingerprint density at radius 1 is 0.974 bits per heavy atom. The molecule has 0 amide bonds. The van der Waals surface area contributed by atoms with Crippen LogP contribution in [0.5, 0.6) is 5.75 Å². The number of imidazole rings is 1. The lowest BCUT2D eigenvalue weighted by molar-refractivity contribution is 0.237. The van der Waals surface area contributed by atoms with Gasteiger partial charge in [0.1, 0.15) is 17.9 Å². The fraction of sp³-hybridized carbons (Fsp3) is 0.233. The monoisotopic (exact) mass is 516 g/mol. The van der Waals surface area contributed by atoms with Crippen LogP contribution >= 0.6 is 0 Å². The van der Waals surface area contributed by atoms with Gasteiger partial charge < -0.3 is 9.72 Å². The molecule has 0 unspecified atom stereocenters. The average molecular weight is 517 g/mol. The molecule has 6 aromatic rings. The maximum absolute atomic E-state index is 6.01. The summed E-state index contributed by atoms with van der Waals surface area (Å²) in [4.78, 5) is 24.5. The summed E-state index contributed by atoms with van der Waals surface area (Å²) in [5.41, 5.74) is 8.73. The Morgan fingerprint density at radius 3 is 2.79 bits per heavy atom. The molecule has 1 aromatic carbocycles. The minimum Gasteiger partial charge on any atom is -0.491 e. The molecular weight excluding hydrogens is 488 g/mol. The van der Waals surface area contributed by atoms with Gasteiger partial charge in [0, 0.05) is 30.1 Å². The van der Waals surface area contributed by atoms with Gasteiger partial charge in [-0.15, -0.1) is 0 Å². The number of hydrogen-bond donors (Lipinski definition) is 2. The van der Waals surface area contributed by atoms with E-state index in [2.05, 4.69) is 61.2 Å². The Balaban J connectivity index is 1.20. The summed E-state index contributed by atoms with van der Waals surface area (Å²) >= 11 is 0. The van der Waals surface area contributed by atoms with Crippen LogP contribution < -0.4 is 4.74 Å². The van der Waals surface area contributed by atoms with Gasteiger partial charge in [-0.3, -0.25) is 15.0 Å². The van der Waals surface area contributed by atoms with Gasteiger partial charge in [-0.25, -0.2) is 15.0 Å². The Morgan fingerprint density at radius 2 is 1.90 bits per heavy atom. The fourth-order valence-electron chi connectivity index (χ4n) is 5.24. The lowest BCUT2D eigenvalue weighted by atomic mass is 10.0. The molecular formula is C30H28N8O. The fourth-order valence-corrected chi connectivity index (χ4v) is 5.24. The summed E-state index contributed by atoms with van der Waals surface area (Å²) in [5.74, 6) is 1.36. The minimum atomic E-state index is 0.616. The van der Waals surface area contributed by atoms with Gasteiger partial charge >= 0.3 is 0 Å². The van der Waals surface area contributed by atoms with Gasteiger partial charge in [0.05, 0.1) is 22.9 Å². The number of aromatic nitrogens is 7. The van der Waals surface area contributed by atoms with E-state index in [1.807, 2.05) is 24.3 Å². The van der Waals surface area contributed by atoms with Crippen molar-refractivity contribution in [3.05, 3.63) is 72.7 Å². The zero-order valence-electron chi connectivity index (χ0n) is 21.7. The van der Waals surface area contributed by atoms with Crippen molar-refractivity contribution in [1.29, 1.82) is 0 Å². The number of aromatic amines is 2. The maximum atomic E-state index is 6.01. The second kappa shape index (κ2) is 9.92. The number of pyridine rings is 3. The summed E-state index contributed by atoms with van der Waals surface area (Å²) < 4.78 is 6.01. The molecule has 1 aliphatic heterocycles. The van der Waals surface area contributed by atoms with E-state index in [9.17, 15) is 0 Å². The van der Waals surface area contributed by atoms with Crippen LogP contribution in [0.2, 0.25) is 0 Å². The highest BCUT2D eigenvalue weighted by atomic mass is 16.5. The van der Waals surface area contributed by atoms with Crippen LogP contribution in [0, 0.1) is 6.92 Å². The predicted octanol–water partition coefficient (Wildman–Crippen LogP) is 5.41. The van der Waals surface area contributed by atoms with Gasteiger partial charge in [-0.05, 0) is 62.7 Å².